The van der Waals surface area contributed by atoms with Crippen molar-refractivity contribution in [1.29, 1.82) is 0 Å². The van der Waals surface area contributed by atoms with Crippen molar-refractivity contribution in [1.82, 2.24) is 5.43 Å². The normalized spacial score (nSPS) is 11.5. The SMILES string of the molecule is Cc1ccc(C)c(N(CC(=O)N/N=C\c2ccccc2O)S(C)(=O)=O)c1. The van der Waals surface area contributed by atoms with Gasteiger partial charge < -0.3 is 5.11 Å². The first-order valence-corrected chi connectivity index (χ1v) is 9.68. The topological polar surface area (TPSA) is 99.1 Å². The number of hydrogen-bond donors (Lipinski definition) is 2. The van der Waals surface area contributed by atoms with Gasteiger partial charge in [0.1, 0.15) is 12.3 Å². The summed E-state index contributed by atoms with van der Waals surface area (Å²) in [5.74, 6) is -0.568. The first kappa shape index (κ1) is 19.5. The second-order valence-corrected chi connectivity index (χ2v) is 7.82. The highest BCUT2D eigenvalue weighted by atomic mass is 32.2. The molecular weight excluding hydrogens is 354 g/mol. The van der Waals surface area contributed by atoms with Crippen molar-refractivity contribution >= 4 is 27.8 Å². The molecule has 0 saturated carbocycles. The zero-order chi connectivity index (χ0) is 19.3. The van der Waals surface area contributed by atoms with E-state index in [1.807, 2.05) is 13.0 Å². The summed E-state index contributed by atoms with van der Waals surface area (Å²) < 4.78 is 25.3. The third kappa shape index (κ3) is 5.06. The molecule has 2 N–H and O–H groups in total. The van der Waals surface area contributed by atoms with E-state index in [1.165, 1.54) is 12.3 Å². The van der Waals surface area contributed by atoms with Gasteiger partial charge in [0.2, 0.25) is 10.0 Å². The van der Waals surface area contributed by atoms with Crippen molar-refractivity contribution in [3.05, 3.63) is 59.2 Å². The number of rotatable bonds is 6. The molecule has 7 nitrogen and oxygen atoms in total. The maximum absolute atomic E-state index is 12.2. The molecule has 0 spiro atoms. The zero-order valence-corrected chi connectivity index (χ0v) is 15.6. The summed E-state index contributed by atoms with van der Waals surface area (Å²) in [4.78, 5) is 12.2. The van der Waals surface area contributed by atoms with E-state index in [4.69, 9.17) is 0 Å². The molecule has 0 aliphatic heterocycles. The van der Waals surface area contributed by atoms with E-state index < -0.39 is 22.5 Å². The van der Waals surface area contributed by atoms with Crippen molar-refractivity contribution in [2.75, 3.05) is 17.1 Å². The van der Waals surface area contributed by atoms with Crippen LogP contribution in [0.25, 0.3) is 0 Å². The number of carbonyl (C=O) groups excluding carboxylic acids is 1. The smallest absolute Gasteiger partial charge is 0.260 e. The van der Waals surface area contributed by atoms with Crippen molar-refractivity contribution in [2.24, 2.45) is 5.10 Å². The minimum Gasteiger partial charge on any atom is -0.507 e. The second-order valence-electron chi connectivity index (χ2n) is 5.91. The van der Waals surface area contributed by atoms with Crippen LogP contribution in [0.4, 0.5) is 5.69 Å². The highest BCUT2D eigenvalue weighted by molar-refractivity contribution is 7.92. The Kier molecular flexibility index (Phi) is 5.99. The Labute approximate surface area is 153 Å². The maximum atomic E-state index is 12.2. The van der Waals surface area contributed by atoms with Gasteiger partial charge in [-0.25, -0.2) is 13.8 Å². The molecule has 0 unspecified atom stereocenters. The lowest BCUT2D eigenvalue weighted by atomic mass is 10.1. The molecule has 0 aliphatic carbocycles. The largest absolute Gasteiger partial charge is 0.507 e. The molecule has 1 amide bonds. The van der Waals surface area contributed by atoms with Gasteiger partial charge >= 0.3 is 0 Å². The van der Waals surface area contributed by atoms with Gasteiger partial charge in [-0.15, -0.1) is 0 Å². The minimum atomic E-state index is -3.66. The third-order valence-corrected chi connectivity index (χ3v) is 4.78. The summed E-state index contributed by atoms with van der Waals surface area (Å²) in [5, 5.41) is 13.4. The van der Waals surface area contributed by atoms with E-state index in [1.54, 1.807) is 37.3 Å². The van der Waals surface area contributed by atoms with Crippen LogP contribution in [0, 0.1) is 13.8 Å². The Morgan fingerprint density at radius 1 is 1.23 bits per heavy atom. The van der Waals surface area contributed by atoms with E-state index in [0.717, 1.165) is 21.7 Å². The highest BCUT2D eigenvalue weighted by Crippen LogP contribution is 2.23. The lowest BCUT2D eigenvalue weighted by Gasteiger charge is -2.23. The zero-order valence-electron chi connectivity index (χ0n) is 14.8. The summed E-state index contributed by atoms with van der Waals surface area (Å²) in [6.45, 7) is 3.22. The summed E-state index contributed by atoms with van der Waals surface area (Å²) in [5.41, 5.74) is 4.79. The van der Waals surface area contributed by atoms with Gasteiger partial charge in [-0.3, -0.25) is 9.10 Å². The lowest BCUT2D eigenvalue weighted by Crippen LogP contribution is -2.39. The van der Waals surface area contributed by atoms with Crippen molar-refractivity contribution in [2.45, 2.75) is 13.8 Å². The Hall–Kier alpha value is -2.87. The fourth-order valence-corrected chi connectivity index (χ4v) is 3.21. The fourth-order valence-electron chi connectivity index (χ4n) is 2.31. The van der Waals surface area contributed by atoms with Crippen molar-refractivity contribution in [3.63, 3.8) is 0 Å². The van der Waals surface area contributed by atoms with Gasteiger partial charge in [0.15, 0.2) is 0 Å². The summed E-state index contributed by atoms with van der Waals surface area (Å²) >= 11 is 0. The van der Waals surface area contributed by atoms with E-state index in [2.05, 4.69) is 10.5 Å². The first-order valence-electron chi connectivity index (χ1n) is 7.83. The van der Waals surface area contributed by atoms with Crippen LogP contribution in [-0.2, 0) is 14.8 Å². The standard InChI is InChI=1S/C18H21N3O4S/c1-13-8-9-14(2)16(10-13)21(26(3,24)25)12-18(23)20-19-11-15-6-4-5-7-17(15)22/h4-11,22H,12H2,1-3H3,(H,20,23)/b19-11-. The number of phenolic OH excluding ortho intramolecular Hbond substituents is 1. The van der Waals surface area contributed by atoms with Crippen molar-refractivity contribution < 1.29 is 18.3 Å². The molecule has 0 aromatic heterocycles. The quantitative estimate of drug-likeness (QED) is 0.595. The molecule has 0 bridgehead atoms. The number of nitrogens with one attached hydrogen (secondary N) is 1. The first-order chi connectivity index (χ1) is 12.2. The number of aromatic hydroxyl groups is 1. The number of anilines is 1. The number of hydrogen-bond acceptors (Lipinski definition) is 5. The molecule has 0 fully saturated rings. The molecular formula is C18H21N3O4S. The average molecular weight is 375 g/mol. The van der Waals surface area contributed by atoms with Crippen LogP contribution in [0.3, 0.4) is 0 Å². The average Bonchev–Trinajstić information content (AvgIpc) is 2.56. The van der Waals surface area contributed by atoms with E-state index in [0.29, 0.717) is 11.3 Å². The van der Waals surface area contributed by atoms with E-state index >= 15 is 0 Å². The number of benzene rings is 2. The highest BCUT2D eigenvalue weighted by Gasteiger charge is 2.22. The van der Waals surface area contributed by atoms with Crippen molar-refractivity contribution in [3.8, 4) is 5.75 Å². The van der Waals surface area contributed by atoms with Crippen LogP contribution in [0.15, 0.2) is 47.6 Å². The molecule has 2 rings (SSSR count). The maximum Gasteiger partial charge on any atom is 0.260 e. The number of nitrogens with zero attached hydrogens (tertiary/aromatic N) is 2. The predicted octanol–water partition coefficient (Wildman–Crippen LogP) is 1.93. The van der Waals surface area contributed by atoms with Gasteiger partial charge in [-0.2, -0.15) is 5.10 Å². The van der Waals surface area contributed by atoms with Crippen LogP contribution >= 0.6 is 0 Å². The molecule has 0 heterocycles. The molecule has 2 aromatic carbocycles. The molecule has 0 atom stereocenters. The van der Waals surface area contributed by atoms with E-state index in [9.17, 15) is 18.3 Å². The number of phenols is 1. The van der Waals surface area contributed by atoms with Crippen LogP contribution in [-0.4, -0.2) is 38.4 Å². The summed E-state index contributed by atoms with van der Waals surface area (Å²) in [7, 11) is -3.66. The Morgan fingerprint density at radius 2 is 1.92 bits per heavy atom. The van der Waals surface area contributed by atoms with Crippen LogP contribution in [0.2, 0.25) is 0 Å². The fraction of sp³-hybridized carbons (Fsp3) is 0.222. The Bertz CT molecular complexity index is 939. The number of para-hydroxylation sites is 1. The second kappa shape index (κ2) is 8.01. The molecule has 26 heavy (non-hydrogen) atoms. The Morgan fingerprint density at radius 3 is 2.58 bits per heavy atom. The number of carbonyl (C=O) groups is 1. The lowest BCUT2D eigenvalue weighted by molar-refractivity contribution is -0.119. The molecule has 138 valence electrons. The molecule has 0 radical (unpaired) electrons. The molecule has 0 aliphatic rings. The number of hydrazone groups is 1. The van der Waals surface area contributed by atoms with Crippen LogP contribution in [0.1, 0.15) is 16.7 Å². The number of aryl methyl sites for hydroxylation is 2. The summed E-state index contributed by atoms with van der Waals surface area (Å²) in [6.07, 6.45) is 2.34. The van der Waals surface area contributed by atoms with Gasteiger partial charge in [-0.1, -0.05) is 24.3 Å². The molecule has 8 heteroatoms. The van der Waals surface area contributed by atoms with E-state index in [-0.39, 0.29) is 5.75 Å². The monoisotopic (exact) mass is 375 g/mol. The Balaban J connectivity index is 2.15. The third-order valence-electron chi connectivity index (χ3n) is 3.65. The van der Waals surface area contributed by atoms with Crippen LogP contribution in [0.5, 0.6) is 5.75 Å². The predicted molar refractivity (Wildman–Crippen MR) is 102 cm³/mol. The minimum absolute atomic E-state index is 0.0265. The molecule has 2 aromatic rings. The van der Waals surface area contributed by atoms with Gasteiger partial charge in [0.05, 0.1) is 18.2 Å². The van der Waals surface area contributed by atoms with Crippen LogP contribution < -0.4 is 9.73 Å². The molecule has 0 saturated heterocycles. The summed E-state index contributed by atoms with van der Waals surface area (Å²) in [6, 6.07) is 11.9. The van der Waals surface area contributed by atoms with Gasteiger partial charge in [-0.05, 0) is 43.2 Å². The number of amides is 1. The number of sulfonamides is 1. The van der Waals surface area contributed by atoms with Gasteiger partial charge in [0, 0.05) is 5.56 Å². The van der Waals surface area contributed by atoms with Gasteiger partial charge in [0.25, 0.3) is 5.91 Å².